The van der Waals surface area contributed by atoms with Crippen LogP contribution in [-0.2, 0) is 4.79 Å². The van der Waals surface area contributed by atoms with E-state index in [0.717, 1.165) is 18.5 Å². The first-order valence-corrected chi connectivity index (χ1v) is 11.6. The van der Waals surface area contributed by atoms with E-state index < -0.39 is 0 Å². The van der Waals surface area contributed by atoms with Crippen LogP contribution in [0, 0.1) is 5.92 Å². The first-order chi connectivity index (χ1) is 15.0. The highest BCUT2D eigenvalue weighted by atomic mass is 32.2. The quantitative estimate of drug-likeness (QED) is 0.483. The Morgan fingerprint density at radius 3 is 2.87 bits per heavy atom. The van der Waals surface area contributed by atoms with E-state index in [-0.39, 0.29) is 17.7 Å². The fourth-order valence-corrected chi connectivity index (χ4v) is 3.88. The molecule has 0 radical (unpaired) electrons. The van der Waals surface area contributed by atoms with Gasteiger partial charge in [-0.3, -0.25) is 9.59 Å². The number of fused-ring (bicyclic) bond motifs is 1. The summed E-state index contributed by atoms with van der Waals surface area (Å²) in [6.07, 6.45) is 5.52. The number of aromatic nitrogens is 2. The number of hydrogen-bond donors (Lipinski definition) is 0. The fraction of sp³-hybridized carbons (Fsp3) is 0.455. The molecule has 1 saturated carbocycles. The summed E-state index contributed by atoms with van der Waals surface area (Å²) in [6.45, 7) is 2.13. The average Bonchev–Trinajstić information content (AvgIpc) is 3.64. The van der Waals surface area contributed by atoms with E-state index in [1.165, 1.54) is 11.8 Å². The number of carbonyl (C=O) groups excluding carboxylic acids is 2. The fourth-order valence-electron chi connectivity index (χ4n) is 3.54. The minimum absolute atomic E-state index is 0.126. The molecule has 8 nitrogen and oxygen atoms in total. The summed E-state index contributed by atoms with van der Waals surface area (Å²) in [5.74, 6) is 1.60. The van der Waals surface area contributed by atoms with Gasteiger partial charge in [0.15, 0.2) is 5.16 Å². The van der Waals surface area contributed by atoms with Gasteiger partial charge in [-0.2, -0.15) is 0 Å². The van der Waals surface area contributed by atoms with E-state index in [9.17, 15) is 9.59 Å². The number of ether oxygens (including phenoxy) is 1. The maximum absolute atomic E-state index is 13.3. The minimum Gasteiger partial charge on any atom is -0.492 e. The summed E-state index contributed by atoms with van der Waals surface area (Å²) < 4.78 is 5.88. The van der Waals surface area contributed by atoms with Crippen molar-refractivity contribution in [2.24, 2.45) is 5.92 Å². The van der Waals surface area contributed by atoms with Crippen LogP contribution in [-0.4, -0.2) is 73.3 Å². The third-order valence-electron chi connectivity index (χ3n) is 5.55. The van der Waals surface area contributed by atoms with E-state index in [1.807, 2.05) is 49.5 Å². The molecule has 1 fully saturated rings. The molecule has 31 heavy (non-hydrogen) atoms. The van der Waals surface area contributed by atoms with Crippen molar-refractivity contribution in [3.8, 4) is 5.75 Å². The van der Waals surface area contributed by atoms with Crippen molar-refractivity contribution < 1.29 is 14.3 Å². The molecule has 2 amide bonds. The van der Waals surface area contributed by atoms with Gasteiger partial charge in [-0.15, -0.1) is 0 Å². The molecule has 2 aliphatic rings. The zero-order valence-electron chi connectivity index (χ0n) is 18.1. The number of nitrogens with zero attached hydrogens (tertiary/aromatic N) is 5. The number of thioether (sulfide) groups is 1. The van der Waals surface area contributed by atoms with E-state index in [1.54, 1.807) is 16.0 Å². The van der Waals surface area contributed by atoms with Crippen LogP contribution in [0.5, 0.6) is 5.75 Å². The second kappa shape index (κ2) is 9.13. The Morgan fingerprint density at radius 1 is 1.32 bits per heavy atom. The highest BCUT2D eigenvalue weighted by Gasteiger charge is 2.32. The SMILES string of the molecule is CSc1ncc2c(n1)N(C)CCN(c1cccc(OCCN(C)C(=O)C3CC3)c1)C2=O. The van der Waals surface area contributed by atoms with Crippen molar-refractivity contribution in [1.29, 1.82) is 0 Å². The number of likely N-dealkylation sites (N-methyl/N-ethyl adjacent to an activating group) is 2. The van der Waals surface area contributed by atoms with Gasteiger partial charge >= 0.3 is 0 Å². The molecule has 2 aromatic rings. The minimum atomic E-state index is -0.126. The van der Waals surface area contributed by atoms with Gasteiger partial charge in [0, 0.05) is 51.1 Å². The molecule has 0 atom stereocenters. The Labute approximate surface area is 186 Å². The number of hydrogen-bond acceptors (Lipinski definition) is 7. The normalized spacial score (nSPS) is 16.0. The summed E-state index contributed by atoms with van der Waals surface area (Å²) in [5.41, 5.74) is 1.25. The monoisotopic (exact) mass is 441 g/mol. The number of anilines is 2. The van der Waals surface area contributed by atoms with E-state index in [4.69, 9.17) is 4.74 Å². The van der Waals surface area contributed by atoms with Gasteiger partial charge in [-0.05, 0) is 31.2 Å². The van der Waals surface area contributed by atoms with Crippen LogP contribution in [0.1, 0.15) is 23.2 Å². The van der Waals surface area contributed by atoms with Gasteiger partial charge in [0.25, 0.3) is 5.91 Å². The molecular weight excluding hydrogens is 414 g/mol. The Morgan fingerprint density at radius 2 is 2.13 bits per heavy atom. The number of amides is 2. The topological polar surface area (TPSA) is 78.9 Å². The first kappa shape index (κ1) is 21.4. The molecule has 1 aromatic carbocycles. The lowest BCUT2D eigenvalue weighted by Crippen LogP contribution is -2.33. The molecular formula is C22H27N5O3S. The second-order valence-electron chi connectivity index (χ2n) is 7.85. The molecule has 0 N–H and O–H groups in total. The average molecular weight is 442 g/mol. The van der Waals surface area contributed by atoms with Crippen molar-refractivity contribution in [1.82, 2.24) is 14.9 Å². The molecule has 1 aromatic heterocycles. The van der Waals surface area contributed by atoms with Gasteiger partial charge in [0.2, 0.25) is 5.91 Å². The maximum Gasteiger partial charge on any atom is 0.263 e. The Balaban J connectivity index is 1.46. The van der Waals surface area contributed by atoms with Gasteiger partial charge in [-0.25, -0.2) is 9.97 Å². The van der Waals surface area contributed by atoms with Crippen molar-refractivity contribution in [2.75, 3.05) is 56.4 Å². The summed E-state index contributed by atoms with van der Waals surface area (Å²) in [7, 11) is 3.75. The third-order valence-corrected chi connectivity index (χ3v) is 6.11. The summed E-state index contributed by atoms with van der Waals surface area (Å²) in [4.78, 5) is 39.6. The van der Waals surface area contributed by atoms with Gasteiger partial charge in [0.1, 0.15) is 23.7 Å². The first-order valence-electron chi connectivity index (χ1n) is 10.4. The molecule has 4 rings (SSSR count). The molecule has 0 saturated heterocycles. The van der Waals surface area contributed by atoms with Gasteiger partial charge < -0.3 is 19.4 Å². The van der Waals surface area contributed by atoms with Crippen LogP contribution >= 0.6 is 11.8 Å². The van der Waals surface area contributed by atoms with Crippen molar-refractivity contribution in [3.05, 3.63) is 36.0 Å². The molecule has 1 aliphatic heterocycles. The number of carbonyl (C=O) groups is 2. The Kier molecular flexibility index (Phi) is 6.31. The third kappa shape index (κ3) is 4.76. The Hall–Kier alpha value is -2.81. The molecule has 0 bridgehead atoms. The van der Waals surface area contributed by atoms with Crippen LogP contribution in [0.15, 0.2) is 35.6 Å². The summed E-state index contributed by atoms with van der Waals surface area (Å²) in [6, 6.07) is 7.50. The predicted molar refractivity (Wildman–Crippen MR) is 121 cm³/mol. The summed E-state index contributed by atoms with van der Waals surface area (Å²) >= 11 is 1.45. The lowest BCUT2D eigenvalue weighted by Gasteiger charge is -2.22. The largest absolute Gasteiger partial charge is 0.492 e. The Bertz CT molecular complexity index is 981. The maximum atomic E-state index is 13.3. The molecule has 164 valence electrons. The molecule has 9 heteroatoms. The van der Waals surface area contributed by atoms with Crippen molar-refractivity contribution in [2.45, 2.75) is 18.0 Å². The van der Waals surface area contributed by atoms with Crippen LogP contribution in [0.4, 0.5) is 11.5 Å². The van der Waals surface area contributed by atoms with Gasteiger partial charge in [0.05, 0.1) is 6.54 Å². The van der Waals surface area contributed by atoms with Crippen LogP contribution in [0.2, 0.25) is 0 Å². The zero-order valence-corrected chi connectivity index (χ0v) is 18.9. The number of rotatable bonds is 7. The standard InChI is InChI=1S/C22H27N5O3S/c1-25-9-10-27(21(29)18-14-23-22(31-3)24-19(18)25)16-5-4-6-17(13-16)30-12-11-26(2)20(28)15-7-8-15/h4-6,13-15H,7-12H2,1-3H3. The summed E-state index contributed by atoms with van der Waals surface area (Å²) in [5, 5.41) is 0.646. The highest BCUT2D eigenvalue weighted by molar-refractivity contribution is 7.98. The van der Waals surface area contributed by atoms with Crippen LogP contribution < -0.4 is 14.5 Å². The van der Waals surface area contributed by atoms with E-state index in [2.05, 4.69) is 9.97 Å². The van der Waals surface area contributed by atoms with Crippen molar-refractivity contribution in [3.63, 3.8) is 0 Å². The van der Waals surface area contributed by atoms with Crippen LogP contribution in [0.25, 0.3) is 0 Å². The molecule has 0 spiro atoms. The second-order valence-corrected chi connectivity index (χ2v) is 8.63. The smallest absolute Gasteiger partial charge is 0.263 e. The lowest BCUT2D eigenvalue weighted by atomic mass is 10.2. The van der Waals surface area contributed by atoms with E-state index in [0.29, 0.717) is 48.5 Å². The highest BCUT2D eigenvalue weighted by Crippen LogP contribution is 2.31. The van der Waals surface area contributed by atoms with E-state index >= 15 is 0 Å². The molecule has 0 unspecified atom stereocenters. The van der Waals surface area contributed by atoms with Crippen molar-refractivity contribution >= 4 is 35.1 Å². The molecule has 2 heterocycles. The van der Waals surface area contributed by atoms with Gasteiger partial charge in [-0.1, -0.05) is 17.8 Å². The number of benzene rings is 1. The molecule has 1 aliphatic carbocycles. The lowest BCUT2D eigenvalue weighted by molar-refractivity contribution is -0.131. The zero-order chi connectivity index (χ0) is 22.0. The van der Waals surface area contributed by atoms with Crippen LogP contribution in [0.3, 0.4) is 0 Å². The predicted octanol–water partition coefficient (Wildman–Crippen LogP) is 2.54.